The number of rotatable bonds is 4. The van der Waals surface area contributed by atoms with Gasteiger partial charge >= 0.3 is 5.97 Å². The number of methoxy groups -OCH3 is 1. The van der Waals surface area contributed by atoms with Gasteiger partial charge in [-0.15, -0.1) is 0 Å². The first-order chi connectivity index (χ1) is 8.88. The lowest BCUT2D eigenvalue weighted by molar-refractivity contribution is -0.141. The van der Waals surface area contributed by atoms with Crippen molar-refractivity contribution in [3.05, 3.63) is 28.8 Å². The Morgan fingerprint density at radius 3 is 2.58 bits per heavy atom. The number of benzene rings is 1. The number of amides is 1. The number of esters is 1. The number of anilines is 1. The van der Waals surface area contributed by atoms with Crippen LogP contribution in [0.2, 0.25) is 5.02 Å². The van der Waals surface area contributed by atoms with E-state index in [9.17, 15) is 9.59 Å². The number of carbonyl (C=O) groups is 2. The fraction of sp³-hybridized carbons (Fsp3) is 0.385. The van der Waals surface area contributed by atoms with Crippen molar-refractivity contribution in [1.82, 2.24) is 4.90 Å². The standard InChI is InChI=1S/C13H17ClN2O3/c1-8(2)16(7-11(17)19-3)13(18)9-5-4-6-10(14)12(9)15/h4-6,8H,7,15H2,1-3H3. The lowest BCUT2D eigenvalue weighted by atomic mass is 10.1. The van der Waals surface area contributed by atoms with Gasteiger partial charge in [0.2, 0.25) is 0 Å². The molecule has 0 radical (unpaired) electrons. The largest absolute Gasteiger partial charge is 0.468 e. The Morgan fingerprint density at radius 1 is 1.42 bits per heavy atom. The molecule has 0 spiro atoms. The first-order valence-corrected chi connectivity index (χ1v) is 6.18. The normalized spacial score (nSPS) is 10.4. The van der Waals surface area contributed by atoms with Crippen LogP contribution >= 0.6 is 11.6 Å². The van der Waals surface area contributed by atoms with E-state index in [2.05, 4.69) is 4.74 Å². The quantitative estimate of drug-likeness (QED) is 0.677. The molecule has 0 bridgehead atoms. The second-order valence-electron chi connectivity index (χ2n) is 4.30. The third kappa shape index (κ3) is 3.61. The minimum Gasteiger partial charge on any atom is -0.468 e. The highest BCUT2D eigenvalue weighted by Gasteiger charge is 2.24. The molecule has 0 saturated carbocycles. The van der Waals surface area contributed by atoms with Crippen molar-refractivity contribution in [2.75, 3.05) is 19.4 Å². The Morgan fingerprint density at radius 2 is 2.05 bits per heavy atom. The summed E-state index contributed by atoms with van der Waals surface area (Å²) in [4.78, 5) is 25.1. The molecule has 1 aromatic rings. The van der Waals surface area contributed by atoms with Crippen LogP contribution in [-0.2, 0) is 9.53 Å². The van der Waals surface area contributed by atoms with Crippen LogP contribution < -0.4 is 5.73 Å². The van der Waals surface area contributed by atoms with Gasteiger partial charge in [-0.25, -0.2) is 0 Å². The summed E-state index contributed by atoms with van der Waals surface area (Å²) < 4.78 is 4.58. The molecular formula is C13H17ClN2O3. The van der Waals surface area contributed by atoms with Gasteiger partial charge in [0, 0.05) is 6.04 Å². The Kier molecular flexibility index (Phi) is 5.18. The summed E-state index contributed by atoms with van der Waals surface area (Å²) >= 11 is 5.89. The smallest absolute Gasteiger partial charge is 0.325 e. The number of para-hydroxylation sites is 1. The van der Waals surface area contributed by atoms with E-state index >= 15 is 0 Å². The molecule has 2 N–H and O–H groups in total. The molecule has 0 aliphatic rings. The van der Waals surface area contributed by atoms with Gasteiger partial charge in [-0.2, -0.15) is 0 Å². The Balaban J connectivity index is 3.06. The lowest BCUT2D eigenvalue weighted by Gasteiger charge is -2.26. The molecule has 0 aliphatic carbocycles. The number of halogens is 1. The van der Waals surface area contributed by atoms with Crippen molar-refractivity contribution >= 4 is 29.2 Å². The Labute approximate surface area is 117 Å². The molecule has 1 amide bonds. The van der Waals surface area contributed by atoms with Crippen LogP contribution in [0.3, 0.4) is 0 Å². The van der Waals surface area contributed by atoms with Crippen molar-refractivity contribution in [2.45, 2.75) is 19.9 Å². The summed E-state index contributed by atoms with van der Waals surface area (Å²) in [5.74, 6) is -0.831. The molecule has 1 aromatic carbocycles. The molecule has 19 heavy (non-hydrogen) atoms. The van der Waals surface area contributed by atoms with Crippen LogP contribution in [0, 0.1) is 0 Å². The van der Waals surface area contributed by atoms with Crippen LogP contribution in [0.5, 0.6) is 0 Å². The van der Waals surface area contributed by atoms with Crippen LogP contribution in [0.15, 0.2) is 18.2 Å². The molecule has 1 rings (SSSR count). The first kappa shape index (κ1) is 15.3. The Bertz CT molecular complexity index is 489. The van der Waals surface area contributed by atoms with E-state index in [0.717, 1.165) is 0 Å². The van der Waals surface area contributed by atoms with E-state index in [0.29, 0.717) is 5.02 Å². The molecule has 104 valence electrons. The summed E-state index contributed by atoms with van der Waals surface area (Å²) in [5.41, 5.74) is 6.28. The zero-order valence-electron chi connectivity index (χ0n) is 11.1. The van der Waals surface area contributed by atoms with E-state index in [4.69, 9.17) is 17.3 Å². The number of carbonyl (C=O) groups excluding carboxylic acids is 2. The summed E-state index contributed by atoms with van der Waals surface area (Å²) in [7, 11) is 1.28. The van der Waals surface area contributed by atoms with E-state index in [1.54, 1.807) is 18.2 Å². The lowest BCUT2D eigenvalue weighted by Crippen LogP contribution is -2.41. The van der Waals surface area contributed by atoms with Crippen molar-refractivity contribution in [1.29, 1.82) is 0 Å². The minimum atomic E-state index is -0.484. The van der Waals surface area contributed by atoms with Crippen LogP contribution in [0.1, 0.15) is 24.2 Å². The van der Waals surface area contributed by atoms with Crippen LogP contribution in [0.4, 0.5) is 5.69 Å². The molecule has 0 saturated heterocycles. The number of ether oxygens (including phenoxy) is 1. The van der Waals surface area contributed by atoms with Crippen LogP contribution in [0.25, 0.3) is 0 Å². The fourth-order valence-electron chi connectivity index (χ4n) is 1.57. The molecule has 0 heterocycles. The van der Waals surface area contributed by atoms with E-state index in [1.165, 1.54) is 12.0 Å². The SMILES string of the molecule is COC(=O)CN(C(=O)c1cccc(Cl)c1N)C(C)C. The summed E-state index contributed by atoms with van der Waals surface area (Å²) in [6.45, 7) is 3.49. The average molecular weight is 285 g/mol. The average Bonchev–Trinajstić information content (AvgIpc) is 2.37. The van der Waals surface area contributed by atoms with Gasteiger partial charge in [0.25, 0.3) is 5.91 Å². The van der Waals surface area contributed by atoms with Gasteiger partial charge in [0.1, 0.15) is 6.54 Å². The fourth-order valence-corrected chi connectivity index (χ4v) is 1.75. The van der Waals surface area contributed by atoms with Crippen molar-refractivity contribution in [3.63, 3.8) is 0 Å². The van der Waals surface area contributed by atoms with Gasteiger partial charge in [-0.05, 0) is 26.0 Å². The second kappa shape index (κ2) is 6.43. The predicted octanol–water partition coefficient (Wildman–Crippen LogP) is 1.95. The second-order valence-corrected chi connectivity index (χ2v) is 4.71. The van der Waals surface area contributed by atoms with Crippen molar-refractivity contribution in [3.8, 4) is 0 Å². The number of nitrogens with two attached hydrogens (primary N) is 1. The van der Waals surface area contributed by atoms with Gasteiger partial charge < -0.3 is 15.4 Å². The number of nitrogen functional groups attached to an aromatic ring is 1. The third-order valence-electron chi connectivity index (χ3n) is 2.69. The maximum Gasteiger partial charge on any atom is 0.325 e. The molecule has 0 aromatic heterocycles. The molecule has 5 nitrogen and oxygen atoms in total. The number of nitrogens with zero attached hydrogens (tertiary/aromatic N) is 1. The van der Waals surface area contributed by atoms with Gasteiger partial charge in [-0.3, -0.25) is 9.59 Å². The number of hydrogen-bond acceptors (Lipinski definition) is 4. The third-order valence-corrected chi connectivity index (χ3v) is 3.02. The minimum absolute atomic E-state index is 0.126. The topological polar surface area (TPSA) is 72.6 Å². The maximum atomic E-state index is 12.4. The maximum absolute atomic E-state index is 12.4. The zero-order chi connectivity index (χ0) is 14.6. The monoisotopic (exact) mass is 284 g/mol. The summed E-state index contributed by atoms with van der Waals surface area (Å²) in [6.07, 6.45) is 0. The number of hydrogen-bond donors (Lipinski definition) is 1. The molecule has 0 aliphatic heterocycles. The Hall–Kier alpha value is -1.75. The van der Waals surface area contributed by atoms with Crippen molar-refractivity contribution in [2.24, 2.45) is 0 Å². The highest BCUT2D eigenvalue weighted by atomic mass is 35.5. The predicted molar refractivity (Wildman–Crippen MR) is 74.1 cm³/mol. The zero-order valence-corrected chi connectivity index (χ0v) is 11.9. The highest BCUT2D eigenvalue weighted by molar-refractivity contribution is 6.33. The molecular weight excluding hydrogens is 268 g/mol. The van der Waals surface area contributed by atoms with E-state index in [1.807, 2.05) is 13.8 Å². The van der Waals surface area contributed by atoms with Gasteiger partial charge in [0.15, 0.2) is 0 Å². The highest BCUT2D eigenvalue weighted by Crippen LogP contribution is 2.24. The summed E-state index contributed by atoms with van der Waals surface area (Å²) in [6, 6.07) is 4.66. The molecule has 6 heteroatoms. The van der Waals surface area contributed by atoms with Crippen LogP contribution in [-0.4, -0.2) is 36.5 Å². The van der Waals surface area contributed by atoms with Gasteiger partial charge in [0.05, 0.1) is 23.4 Å². The van der Waals surface area contributed by atoms with Crippen molar-refractivity contribution < 1.29 is 14.3 Å². The molecule has 0 fully saturated rings. The molecule has 0 atom stereocenters. The first-order valence-electron chi connectivity index (χ1n) is 5.80. The van der Waals surface area contributed by atoms with E-state index < -0.39 is 5.97 Å². The van der Waals surface area contributed by atoms with E-state index in [-0.39, 0.29) is 29.7 Å². The summed E-state index contributed by atoms with van der Waals surface area (Å²) in [5, 5.41) is 0.313. The molecule has 0 unspecified atom stereocenters. The van der Waals surface area contributed by atoms with Gasteiger partial charge in [-0.1, -0.05) is 17.7 Å².